The Hall–Kier alpha value is -1.46. The summed E-state index contributed by atoms with van der Waals surface area (Å²) < 4.78 is 12.9. The maximum absolute atomic E-state index is 12.9. The summed E-state index contributed by atoms with van der Waals surface area (Å²) in [5, 5.41) is 0. The summed E-state index contributed by atoms with van der Waals surface area (Å²) in [4.78, 5) is 19.3. The van der Waals surface area contributed by atoms with E-state index in [4.69, 9.17) is 0 Å². The topological polar surface area (TPSA) is 26.8 Å². The average molecular weight is 305 g/mol. The Bertz CT molecular complexity index is 503. The normalized spacial score (nSPS) is 22.0. The van der Waals surface area contributed by atoms with Crippen molar-refractivity contribution in [2.75, 3.05) is 46.3 Å². The number of hydrogen-bond acceptors (Lipinski definition) is 3. The summed E-state index contributed by atoms with van der Waals surface area (Å²) in [5.74, 6) is -0.276. The van der Waals surface area contributed by atoms with E-state index in [9.17, 15) is 9.18 Å². The van der Waals surface area contributed by atoms with Crippen molar-refractivity contribution in [3.8, 4) is 0 Å². The van der Waals surface area contributed by atoms with E-state index < -0.39 is 0 Å². The highest BCUT2D eigenvalue weighted by atomic mass is 19.1. The van der Waals surface area contributed by atoms with Crippen LogP contribution in [0.25, 0.3) is 0 Å². The molecule has 0 aliphatic carbocycles. The first-order valence-electron chi connectivity index (χ1n) is 8.11. The van der Waals surface area contributed by atoms with Gasteiger partial charge in [0, 0.05) is 50.9 Å². The highest BCUT2D eigenvalue weighted by Gasteiger charge is 2.28. The van der Waals surface area contributed by atoms with Gasteiger partial charge in [-0.25, -0.2) is 4.39 Å². The molecule has 2 aliphatic heterocycles. The predicted octanol–water partition coefficient (Wildman–Crippen LogP) is 1.68. The lowest BCUT2D eigenvalue weighted by Gasteiger charge is -2.42. The number of piperidine rings is 1. The Morgan fingerprint density at radius 1 is 1.00 bits per heavy atom. The molecule has 0 unspecified atom stereocenters. The highest BCUT2D eigenvalue weighted by molar-refractivity contribution is 5.94. The Morgan fingerprint density at radius 2 is 1.59 bits per heavy atom. The maximum Gasteiger partial charge on any atom is 0.253 e. The van der Waals surface area contributed by atoms with Crippen molar-refractivity contribution in [3.05, 3.63) is 35.6 Å². The van der Waals surface area contributed by atoms with E-state index in [1.165, 1.54) is 12.1 Å². The largest absolute Gasteiger partial charge is 0.339 e. The summed E-state index contributed by atoms with van der Waals surface area (Å²) in [6.07, 6.45) is 2.08. The first kappa shape index (κ1) is 15.4. The fraction of sp³-hybridized carbons (Fsp3) is 0.588. The zero-order valence-electron chi connectivity index (χ0n) is 13.2. The van der Waals surface area contributed by atoms with Crippen molar-refractivity contribution < 1.29 is 9.18 Å². The van der Waals surface area contributed by atoms with Crippen molar-refractivity contribution >= 4 is 5.91 Å². The van der Waals surface area contributed by atoms with Gasteiger partial charge in [0.2, 0.25) is 0 Å². The van der Waals surface area contributed by atoms with E-state index in [2.05, 4.69) is 16.8 Å². The number of amides is 1. The molecule has 1 aromatic rings. The number of rotatable bonds is 2. The summed E-state index contributed by atoms with van der Waals surface area (Å²) in [6, 6.07) is 6.45. The van der Waals surface area contributed by atoms with E-state index >= 15 is 0 Å². The molecule has 0 aromatic heterocycles. The number of halogens is 1. The minimum absolute atomic E-state index is 0.0248. The van der Waals surface area contributed by atoms with Gasteiger partial charge < -0.3 is 9.80 Å². The SMILES string of the molecule is CN1CCN(C2CCN(C(=O)c3ccc(F)cc3)CC2)CC1. The van der Waals surface area contributed by atoms with Gasteiger partial charge in [0.25, 0.3) is 5.91 Å². The van der Waals surface area contributed by atoms with Crippen LogP contribution in [0.5, 0.6) is 0 Å². The first-order chi connectivity index (χ1) is 10.6. The molecule has 2 saturated heterocycles. The van der Waals surface area contributed by atoms with Gasteiger partial charge in [-0.1, -0.05) is 0 Å². The molecule has 0 N–H and O–H groups in total. The predicted molar refractivity (Wildman–Crippen MR) is 84.4 cm³/mol. The molecule has 3 rings (SSSR count). The lowest BCUT2D eigenvalue weighted by Crippen LogP contribution is -2.52. The Morgan fingerprint density at radius 3 is 2.18 bits per heavy atom. The van der Waals surface area contributed by atoms with Gasteiger partial charge in [-0.3, -0.25) is 9.69 Å². The molecular formula is C17H24FN3O. The van der Waals surface area contributed by atoms with E-state index in [1.54, 1.807) is 12.1 Å². The molecule has 0 atom stereocenters. The molecule has 5 heteroatoms. The smallest absolute Gasteiger partial charge is 0.253 e. The minimum atomic E-state index is -0.301. The highest BCUT2D eigenvalue weighted by Crippen LogP contribution is 2.19. The van der Waals surface area contributed by atoms with E-state index in [0.717, 1.165) is 52.1 Å². The van der Waals surface area contributed by atoms with E-state index in [0.29, 0.717) is 11.6 Å². The zero-order chi connectivity index (χ0) is 15.5. The number of benzene rings is 1. The van der Waals surface area contributed by atoms with Gasteiger partial charge in [0.1, 0.15) is 5.82 Å². The van der Waals surface area contributed by atoms with Gasteiger partial charge in [0.15, 0.2) is 0 Å². The van der Waals surface area contributed by atoms with Crippen LogP contribution in [0.3, 0.4) is 0 Å². The molecule has 1 aromatic carbocycles. The molecule has 2 aliphatic rings. The molecule has 120 valence electrons. The van der Waals surface area contributed by atoms with Crippen LogP contribution in [-0.2, 0) is 0 Å². The molecular weight excluding hydrogens is 281 g/mol. The number of likely N-dealkylation sites (N-methyl/N-ethyl adjacent to an activating group) is 1. The van der Waals surface area contributed by atoms with Crippen LogP contribution < -0.4 is 0 Å². The third-order valence-corrected chi connectivity index (χ3v) is 4.90. The molecule has 4 nitrogen and oxygen atoms in total. The molecule has 2 heterocycles. The van der Waals surface area contributed by atoms with Crippen molar-refractivity contribution in [2.24, 2.45) is 0 Å². The Balaban J connectivity index is 1.53. The lowest BCUT2D eigenvalue weighted by atomic mass is 10.0. The number of hydrogen-bond donors (Lipinski definition) is 0. The van der Waals surface area contributed by atoms with Crippen LogP contribution in [0, 0.1) is 5.82 Å². The van der Waals surface area contributed by atoms with E-state index in [1.807, 2.05) is 4.90 Å². The second-order valence-corrected chi connectivity index (χ2v) is 6.37. The van der Waals surface area contributed by atoms with Gasteiger partial charge in [-0.05, 0) is 44.2 Å². The van der Waals surface area contributed by atoms with Gasteiger partial charge >= 0.3 is 0 Å². The maximum atomic E-state index is 12.9. The zero-order valence-corrected chi connectivity index (χ0v) is 13.2. The van der Waals surface area contributed by atoms with Gasteiger partial charge in [-0.2, -0.15) is 0 Å². The minimum Gasteiger partial charge on any atom is -0.339 e. The summed E-state index contributed by atoms with van der Waals surface area (Å²) in [5.41, 5.74) is 0.583. The van der Waals surface area contributed by atoms with Crippen LogP contribution in [0.2, 0.25) is 0 Å². The first-order valence-corrected chi connectivity index (χ1v) is 8.11. The molecule has 0 spiro atoms. The quantitative estimate of drug-likeness (QED) is 0.832. The standard InChI is InChI=1S/C17H24FN3O/c1-19-10-12-20(13-11-19)16-6-8-21(9-7-16)17(22)14-2-4-15(18)5-3-14/h2-5,16H,6-13H2,1H3. The van der Waals surface area contributed by atoms with E-state index in [-0.39, 0.29) is 11.7 Å². The van der Waals surface area contributed by atoms with Crippen molar-refractivity contribution in [3.63, 3.8) is 0 Å². The second kappa shape index (κ2) is 6.75. The molecule has 22 heavy (non-hydrogen) atoms. The Labute approximate surface area is 131 Å². The number of carbonyl (C=O) groups excluding carboxylic acids is 1. The fourth-order valence-electron chi connectivity index (χ4n) is 3.40. The van der Waals surface area contributed by atoms with Gasteiger partial charge in [-0.15, -0.1) is 0 Å². The van der Waals surface area contributed by atoms with Crippen LogP contribution in [0.15, 0.2) is 24.3 Å². The number of likely N-dealkylation sites (tertiary alicyclic amines) is 1. The number of piperazine rings is 1. The van der Waals surface area contributed by atoms with Crippen LogP contribution in [0.1, 0.15) is 23.2 Å². The molecule has 0 bridgehead atoms. The molecule has 0 radical (unpaired) electrons. The van der Waals surface area contributed by atoms with Crippen molar-refractivity contribution in [1.29, 1.82) is 0 Å². The summed E-state index contributed by atoms with van der Waals surface area (Å²) >= 11 is 0. The summed E-state index contributed by atoms with van der Waals surface area (Å²) in [6.45, 7) is 6.13. The third-order valence-electron chi connectivity index (χ3n) is 4.90. The molecule has 0 saturated carbocycles. The van der Waals surface area contributed by atoms with Crippen LogP contribution in [0.4, 0.5) is 4.39 Å². The van der Waals surface area contributed by atoms with Crippen molar-refractivity contribution in [1.82, 2.24) is 14.7 Å². The fourth-order valence-corrected chi connectivity index (χ4v) is 3.40. The van der Waals surface area contributed by atoms with Crippen LogP contribution in [-0.4, -0.2) is 73.0 Å². The lowest BCUT2D eigenvalue weighted by molar-refractivity contribution is 0.0518. The third kappa shape index (κ3) is 3.47. The second-order valence-electron chi connectivity index (χ2n) is 6.37. The van der Waals surface area contributed by atoms with Crippen LogP contribution >= 0.6 is 0 Å². The van der Waals surface area contributed by atoms with Crippen molar-refractivity contribution in [2.45, 2.75) is 18.9 Å². The molecule has 1 amide bonds. The number of nitrogens with zero attached hydrogens (tertiary/aromatic N) is 3. The average Bonchev–Trinajstić information content (AvgIpc) is 2.56. The monoisotopic (exact) mass is 305 g/mol. The number of carbonyl (C=O) groups is 1. The Kier molecular flexibility index (Phi) is 4.74. The van der Waals surface area contributed by atoms with Gasteiger partial charge in [0.05, 0.1) is 0 Å². The molecule has 2 fully saturated rings. The summed E-state index contributed by atoms with van der Waals surface area (Å²) in [7, 11) is 2.17.